The number of rotatable bonds is 24. The molecule has 4 nitrogen and oxygen atoms in total. The molecule has 1 N–H and O–H groups in total. The molecule has 1 amide bonds. The Labute approximate surface area is 253 Å². The van der Waals surface area contributed by atoms with Gasteiger partial charge in [0.2, 0.25) is 5.91 Å². The number of hydrogen-bond acceptors (Lipinski definition) is 4. The van der Waals surface area contributed by atoms with Crippen LogP contribution in [0.1, 0.15) is 182 Å². The maximum atomic E-state index is 13.0. The maximum absolute atomic E-state index is 13.0. The lowest BCUT2D eigenvalue weighted by atomic mass is 9.99. The first-order valence-electron chi connectivity index (χ1n) is 17.7. The molecule has 5 heteroatoms. The zero-order valence-corrected chi connectivity index (χ0v) is 27.9. The smallest absolute Gasteiger partial charge is 0.220 e. The topological polar surface area (TPSA) is 47.6 Å². The van der Waals surface area contributed by atoms with E-state index >= 15 is 0 Å². The maximum Gasteiger partial charge on any atom is 0.220 e. The van der Waals surface area contributed by atoms with Gasteiger partial charge in [0.25, 0.3) is 0 Å². The fraction of sp³-hybridized carbons (Fsp3) is 0.971. The van der Waals surface area contributed by atoms with Gasteiger partial charge in [0.1, 0.15) is 6.10 Å². The van der Waals surface area contributed by atoms with Gasteiger partial charge in [0.05, 0.1) is 12.1 Å². The van der Waals surface area contributed by atoms with Crippen molar-refractivity contribution in [1.29, 1.82) is 0 Å². The summed E-state index contributed by atoms with van der Waals surface area (Å²) in [6.07, 6.45) is 30.6. The number of thioether (sulfide) groups is 1. The van der Waals surface area contributed by atoms with Crippen molar-refractivity contribution in [2.75, 3.05) is 5.75 Å². The summed E-state index contributed by atoms with van der Waals surface area (Å²) in [6.45, 7) is 8.62. The molecule has 2 aliphatic rings. The Hall–Kier alpha value is -0.260. The van der Waals surface area contributed by atoms with Crippen LogP contribution in [-0.4, -0.2) is 40.9 Å². The normalized spacial score (nSPS) is 22.0. The van der Waals surface area contributed by atoms with Crippen molar-refractivity contribution in [1.82, 2.24) is 5.32 Å². The van der Waals surface area contributed by atoms with Gasteiger partial charge in [-0.1, -0.05) is 136 Å². The summed E-state index contributed by atoms with van der Waals surface area (Å²) < 4.78 is 13.0. The van der Waals surface area contributed by atoms with Gasteiger partial charge in [-0.3, -0.25) is 4.79 Å². The lowest BCUT2D eigenvalue weighted by Crippen LogP contribution is -2.49. The highest BCUT2D eigenvalue weighted by Crippen LogP contribution is 2.35. The Kier molecular flexibility index (Phi) is 20.0. The molecule has 1 saturated heterocycles. The molecule has 40 heavy (non-hydrogen) atoms. The molecule has 3 atom stereocenters. The van der Waals surface area contributed by atoms with Gasteiger partial charge in [-0.15, -0.1) is 0 Å². The van der Waals surface area contributed by atoms with Crippen molar-refractivity contribution in [2.24, 2.45) is 0 Å². The third kappa shape index (κ3) is 16.4. The third-order valence-electron chi connectivity index (χ3n) is 8.88. The van der Waals surface area contributed by atoms with E-state index in [1.165, 1.54) is 128 Å². The van der Waals surface area contributed by atoms with Crippen LogP contribution in [0.4, 0.5) is 0 Å². The fourth-order valence-corrected chi connectivity index (χ4v) is 7.89. The molecule has 1 heterocycles. The summed E-state index contributed by atoms with van der Waals surface area (Å²) in [5, 5.41) is 4.17. The van der Waals surface area contributed by atoms with Crippen LogP contribution in [0.25, 0.3) is 0 Å². The number of carbonyl (C=O) groups excluding carboxylic acids is 1. The molecule has 2 fully saturated rings. The average molecular weight is 582 g/mol. The van der Waals surface area contributed by atoms with Crippen LogP contribution >= 0.6 is 11.8 Å². The van der Waals surface area contributed by atoms with Crippen molar-refractivity contribution in [3.8, 4) is 0 Å². The minimum Gasteiger partial charge on any atom is -0.350 e. The minimum absolute atomic E-state index is 0.0270. The van der Waals surface area contributed by atoms with Crippen LogP contribution in [0.2, 0.25) is 0 Å². The summed E-state index contributed by atoms with van der Waals surface area (Å²) in [6, 6.07) is 0.0270. The number of unbranched alkanes of at least 4 members (excludes halogenated alkanes) is 15. The van der Waals surface area contributed by atoms with Crippen LogP contribution in [0.5, 0.6) is 0 Å². The van der Waals surface area contributed by atoms with Crippen LogP contribution in [0, 0.1) is 0 Å². The predicted molar refractivity (Wildman–Crippen MR) is 174 cm³/mol. The Morgan fingerprint density at radius 2 is 1.27 bits per heavy atom. The Balaban J connectivity index is 1.78. The molecule has 0 unspecified atom stereocenters. The molecule has 1 saturated carbocycles. The van der Waals surface area contributed by atoms with E-state index in [4.69, 9.17) is 9.47 Å². The first-order valence-corrected chi connectivity index (χ1v) is 18.8. The van der Waals surface area contributed by atoms with Crippen LogP contribution in [0.3, 0.4) is 0 Å². The van der Waals surface area contributed by atoms with Crippen LogP contribution < -0.4 is 5.32 Å². The quantitative estimate of drug-likeness (QED) is 0.115. The lowest BCUT2D eigenvalue weighted by molar-refractivity contribution is -0.149. The predicted octanol–water partition coefficient (Wildman–Crippen LogP) is 10.5. The highest BCUT2D eigenvalue weighted by atomic mass is 32.2. The molecule has 0 bridgehead atoms. The summed E-state index contributed by atoms with van der Waals surface area (Å²) in [5.74, 6) is 0.555. The van der Waals surface area contributed by atoms with E-state index in [1.54, 1.807) is 0 Å². The third-order valence-corrected chi connectivity index (χ3v) is 10.4. The molecule has 0 aromatic heterocycles. The molecule has 2 rings (SSSR count). The first kappa shape index (κ1) is 35.9. The fourth-order valence-electron chi connectivity index (χ4n) is 6.47. The monoisotopic (exact) mass is 581 g/mol. The lowest BCUT2D eigenvalue weighted by Gasteiger charge is -2.30. The van der Waals surface area contributed by atoms with Crippen molar-refractivity contribution < 1.29 is 14.3 Å². The van der Waals surface area contributed by atoms with Gasteiger partial charge in [-0.05, 0) is 39.5 Å². The number of carbonyl (C=O) groups is 1. The van der Waals surface area contributed by atoms with Crippen LogP contribution in [-0.2, 0) is 14.3 Å². The summed E-state index contributed by atoms with van der Waals surface area (Å²) in [4.78, 5) is 13.0. The first-order chi connectivity index (χ1) is 19.4. The van der Waals surface area contributed by atoms with Gasteiger partial charge in [0.15, 0.2) is 5.79 Å². The SMILES string of the molecule is CCCCCCCCCCCCCC[C@H]1OC(C)(C)O[C@H]1[C@H](CSC1CCCCC1)NC(=O)CCCCCCC. The highest BCUT2D eigenvalue weighted by Gasteiger charge is 2.45. The van der Waals surface area contributed by atoms with Gasteiger partial charge >= 0.3 is 0 Å². The van der Waals surface area contributed by atoms with Gasteiger partial charge in [-0.25, -0.2) is 0 Å². The van der Waals surface area contributed by atoms with Crippen LogP contribution in [0.15, 0.2) is 0 Å². The zero-order valence-electron chi connectivity index (χ0n) is 27.1. The molecular formula is C35H67NO3S. The minimum atomic E-state index is -0.578. The zero-order chi connectivity index (χ0) is 28.9. The number of amides is 1. The summed E-state index contributed by atoms with van der Waals surface area (Å²) in [5.41, 5.74) is 0. The van der Waals surface area contributed by atoms with Crippen molar-refractivity contribution in [3.05, 3.63) is 0 Å². The summed E-state index contributed by atoms with van der Waals surface area (Å²) >= 11 is 2.07. The Bertz CT molecular complexity index is 622. The molecule has 1 aliphatic heterocycles. The molecule has 0 aromatic carbocycles. The van der Waals surface area contributed by atoms with E-state index < -0.39 is 5.79 Å². The molecule has 0 aromatic rings. The largest absolute Gasteiger partial charge is 0.350 e. The molecular weight excluding hydrogens is 514 g/mol. The van der Waals surface area contributed by atoms with E-state index in [-0.39, 0.29) is 24.2 Å². The Morgan fingerprint density at radius 3 is 1.85 bits per heavy atom. The second-order valence-corrected chi connectivity index (χ2v) is 14.6. The molecule has 0 spiro atoms. The number of nitrogens with one attached hydrogen (secondary N) is 1. The van der Waals surface area contributed by atoms with E-state index in [0.717, 1.165) is 30.3 Å². The molecule has 236 valence electrons. The second kappa shape index (κ2) is 22.3. The molecule has 0 radical (unpaired) electrons. The summed E-state index contributed by atoms with van der Waals surface area (Å²) in [7, 11) is 0. The van der Waals surface area contributed by atoms with Gasteiger partial charge in [-0.2, -0.15) is 11.8 Å². The van der Waals surface area contributed by atoms with Crippen molar-refractivity contribution >= 4 is 17.7 Å². The second-order valence-electron chi connectivity index (χ2n) is 13.2. The highest BCUT2D eigenvalue weighted by molar-refractivity contribution is 7.99. The van der Waals surface area contributed by atoms with E-state index in [2.05, 4.69) is 30.9 Å². The number of ether oxygens (including phenoxy) is 2. The van der Waals surface area contributed by atoms with E-state index in [9.17, 15) is 4.79 Å². The average Bonchev–Trinajstić information content (AvgIpc) is 3.26. The Morgan fingerprint density at radius 1 is 0.750 bits per heavy atom. The van der Waals surface area contributed by atoms with Gasteiger partial charge in [0, 0.05) is 17.4 Å². The van der Waals surface area contributed by atoms with E-state index in [1.807, 2.05) is 13.8 Å². The van der Waals surface area contributed by atoms with Gasteiger partial charge < -0.3 is 14.8 Å². The van der Waals surface area contributed by atoms with Crippen molar-refractivity contribution in [3.63, 3.8) is 0 Å². The van der Waals surface area contributed by atoms with E-state index in [0.29, 0.717) is 6.42 Å². The molecule has 1 aliphatic carbocycles. The standard InChI is InChI=1S/C35H67NO3S/c1-5-7-9-11-12-13-14-15-16-17-19-23-27-32-34(39-35(3,4)38-32)31(29-40-30-25-21-20-22-26-30)36-33(37)28-24-18-10-8-6-2/h30-32,34H,5-29H2,1-4H3,(H,36,37)/t31-,32+,34-/m0/s1. The number of hydrogen-bond donors (Lipinski definition) is 1. The van der Waals surface area contributed by atoms with Crippen molar-refractivity contribution in [2.45, 2.75) is 211 Å².